The third kappa shape index (κ3) is 2.66. The van der Waals surface area contributed by atoms with Crippen molar-refractivity contribution in [3.8, 4) is 11.3 Å². The first-order valence-corrected chi connectivity index (χ1v) is 7.43. The van der Waals surface area contributed by atoms with Crippen LogP contribution < -0.4 is 0 Å². The standard InChI is InChI=1S/C17H11NO3S/c19-15(12-8-4-5-9-13(12)17(20)21)16-18-14(10-22-16)11-6-2-1-3-7-11/h1-10H,(H,20,21). The molecule has 3 rings (SSSR count). The van der Waals surface area contributed by atoms with E-state index in [1.54, 1.807) is 17.5 Å². The largest absolute Gasteiger partial charge is 0.478 e. The highest BCUT2D eigenvalue weighted by atomic mass is 32.1. The van der Waals surface area contributed by atoms with Gasteiger partial charge in [0.2, 0.25) is 5.78 Å². The van der Waals surface area contributed by atoms with Crippen LogP contribution >= 0.6 is 11.3 Å². The zero-order valence-electron chi connectivity index (χ0n) is 11.4. The summed E-state index contributed by atoms with van der Waals surface area (Å²) >= 11 is 1.21. The second kappa shape index (κ2) is 5.91. The van der Waals surface area contributed by atoms with E-state index in [1.807, 2.05) is 30.3 Å². The van der Waals surface area contributed by atoms with Gasteiger partial charge in [-0.2, -0.15) is 0 Å². The van der Waals surface area contributed by atoms with Crippen LogP contribution in [0, 0.1) is 0 Å². The predicted molar refractivity (Wildman–Crippen MR) is 84.4 cm³/mol. The van der Waals surface area contributed by atoms with Gasteiger partial charge in [0.15, 0.2) is 5.01 Å². The highest BCUT2D eigenvalue weighted by Gasteiger charge is 2.20. The quantitative estimate of drug-likeness (QED) is 0.745. The molecule has 0 aliphatic heterocycles. The number of aromatic nitrogens is 1. The van der Waals surface area contributed by atoms with Gasteiger partial charge in [-0.1, -0.05) is 48.5 Å². The first-order chi connectivity index (χ1) is 10.7. The van der Waals surface area contributed by atoms with Crippen molar-refractivity contribution in [3.63, 3.8) is 0 Å². The third-order valence-corrected chi connectivity index (χ3v) is 4.01. The van der Waals surface area contributed by atoms with Gasteiger partial charge in [0, 0.05) is 16.5 Å². The lowest BCUT2D eigenvalue weighted by atomic mass is 10.0. The summed E-state index contributed by atoms with van der Waals surface area (Å²) in [7, 11) is 0. The van der Waals surface area contributed by atoms with Gasteiger partial charge in [0.25, 0.3) is 0 Å². The lowest BCUT2D eigenvalue weighted by Crippen LogP contribution is -2.09. The molecule has 22 heavy (non-hydrogen) atoms. The Morgan fingerprint density at radius 2 is 1.55 bits per heavy atom. The number of hydrogen-bond donors (Lipinski definition) is 1. The molecule has 0 unspecified atom stereocenters. The molecule has 5 heteroatoms. The summed E-state index contributed by atoms with van der Waals surface area (Å²) in [6.45, 7) is 0. The van der Waals surface area contributed by atoms with Crippen molar-refractivity contribution >= 4 is 23.1 Å². The second-order valence-electron chi connectivity index (χ2n) is 4.58. The summed E-state index contributed by atoms with van der Waals surface area (Å²) in [5, 5.41) is 11.3. The van der Waals surface area contributed by atoms with E-state index in [0.717, 1.165) is 5.56 Å². The van der Waals surface area contributed by atoms with Gasteiger partial charge < -0.3 is 5.11 Å². The molecular weight excluding hydrogens is 298 g/mol. The smallest absolute Gasteiger partial charge is 0.336 e. The number of ketones is 1. The molecular formula is C17H11NO3S. The molecule has 2 aromatic carbocycles. The van der Waals surface area contributed by atoms with E-state index in [9.17, 15) is 14.7 Å². The Morgan fingerprint density at radius 3 is 2.23 bits per heavy atom. The van der Waals surface area contributed by atoms with Crippen LogP contribution in [0.15, 0.2) is 60.0 Å². The molecule has 0 atom stereocenters. The first kappa shape index (κ1) is 14.2. The zero-order chi connectivity index (χ0) is 15.5. The fourth-order valence-electron chi connectivity index (χ4n) is 2.10. The van der Waals surface area contributed by atoms with Crippen molar-refractivity contribution < 1.29 is 14.7 Å². The van der Waals surface area contributed by atoms with E-state index in [2.05, 4.69) is 4.98 Å². The number of hydrogen-bond acceptors (Lipinski definition) is 4. The molecule has 0 aliphatic carbocycles. The number of carbonyl (C=O) groups is 2. The summed E-state index contributed by atoms with van der Waals surface area (Å²) in [5.74, 6) is -1.49. The van der Waals surface area contributed by atoms with Crippen LogP contribution in [0.5, 0.6) is 0 Å². The zero-order valence-corrected chi connectivity index (χ0v) is 12.2. The van der Waals surface area contributed by atoms with Crippen LogP contribution in [0.4, 0.5) is 0 Å². The SMILES string of the molecule is O=C(O)c1ccccc1C(=O)c1nc(-c2ccccc2)cs1. The number of carbonyl (C=O) groups excluding carboxylic acids is 1. The van der Waals surface area contributed by atoms with Crippen LogP contribution in [-0.2, 0) is 0 Å². The number of carboxylic acids is 1. The Hall–Kier alpha value is -2.79. The van der Waals surface area contributed by atoms with Crippen molar-refractivity contribution in [1.82, 2.24) is 4.98 Å². The molecule has 1 N–H and O–H groups in total. The minimum absolute atomic E-state index is 0.0102. The molecule has 0 saturated heterocycles. The summed E-state index contributed by atoms with van der Waals surface area (Å²) in [6, 6.07) is 15.7. The lowest BCUT2D eigenvalue weighted by molar-refractivity contribution is 0.0693. The van der Waals surface area contributed by atoms with E-state index in [-0.39, 0.29) is 21.9 Å². The normalized spacial score (nSPS) is 10.4. The van der Waals surface area contributed by atoms with Crippen LogP contribution in [-0.4, -0.2) is 21.8 Å². The summed E-state index contributed by atoms with van der Waals surface area (Å²) in [5.41, 5.74) is 1.78. The van der Waals surface area contributed by atoms with Gasteiger partial charge in [0.1, 0.15) is 0 Å². The van der Waals surface area contributed by atoms with Crippen LogP contribution in [0.1, 0.15) is 25.7 Å². The van der Waals surface area contributed by atoms with Gasteiger partial charge in [0.05, 0.1) is 11.3 Å². The second-order valence-corrected chi connectivity index (χ2v) is 5.44. The average molecular weight is 309 g/mol. The number of aromatic carboxylic acids is 1. The molecule has 0 spiro atoms. The Morgan fingerprint density at radius 1 is 0.909 bits per heavy atom. The highest BCUT2D eigenvalue weighted by Crippen LogP contribution is 2.24. The van der Waals surface area contributed by atoms with Crippen molar-refractivity contribution in [1.29, 1.82) is 0 Å². The van der Waals surface area contributed by atoms with E-state index in [4.69, 9.17) is 0 Å². The summed E-state index contributed by atoms with van der Waals surface area (Å²) in [4.78, 5) is 28.0. The van der Waals surface area contributed by atoms with Crippen molar-refractivity contribution in [3.05, 3.63) is 76.1 Å². The van der Waals surface area contributed by atoms with Gasteiger partial charge in [-0.05, 0) is 6.07 Å². The first-order valence-electron chi connectivity index (χ1n) is 6.55. The Labute approximate surface area is 130 Å². The molecule has 0 amide bonds. The Balaban J connectivity index is 1.98. The molecule has 1 heterocycles. The van der Waals surface area contributed by atoms with Crippen LogP contribution in [0.3, 0.4) is 0 Å². The van der Waals surface area contributed by atoms with Gasteiger partial charge >= 0.3 is 5.97 Å². The summed E-state index contributed by atoms with van der Waals surface area (Å²) in [6.07, 6.45) is 0. The topological polar surface area (TPSA) is 67.3 Å². The number of thiazole rings is 1. The number of rotatable bonds is 4. The van der Waals surface area contributed by atoms with E-state index >= 15 is 0 Å². The van der Waals surface area contributed by atoms with Gasteiger partial charge in [-0.25, -0.2) is 9.78 Å². The van der Waals surface area contributed by atoms with Crippen LogP contribution in [0.25, 0.3) is 11.3 Å². The lowest BCUT2D eigenvalue weighted by Gasteiger charge is -2.02. The van der Waals surface area contributed by atoms with Crippen molar-refractivity contribution in [2.75, 3.05) is 0 Å². The molecule has 0 radical (unpaired) electrons. The molecule has 108 valence electrons. The van der Waals surface area contributed by atoms with Crippen LogP contribution in [0.2, 0.25) is 0 Å². The third-order valence-electron chi connectivity index (χ3n) is 3.17. The maximum Gasteiger partial charge on any atom is 0.336 e. The number of benzene rings is 2. The monoisotopic (exact) mass is 309 g/mol. The molecule has 0 fully saturated rings. The fourth-order valence-corrected chi connectivity index (χ4v) is 2.88. The fraction of sp³-hybridized carbons (Fsp3) is 0. The molecule has 4 nitrogen and oxygen atoms in total. The number of nitrogens with zero attached hydrogens (tertiary/aromatic N) is 1. The van der Waals surface area contributed by atoms with Gasteiger partial charge in [-0.3, -0.25) is 4.79 Å². The predicted octanol–water partition coefficient (Wildman–Crippen LogP) is 3.74. The van der Waals surface area contributed by atoms with E-state index in [1.165, 1.54) is 23.5 Å². The maximum absolute atomic E-state index is 12.5. The average Bonchev–Trinajstić information content (AvgIpc) is 3.05. The highest BCUT2D eigenvalue weighted by molar-refractivity contribution is 7.12. The minimum Gasteiger partial charge on any atom is -0.478 e. The minimum atomic E-state index is -1.12. The van der Waals surface area contributed by atoms with E-state index in [0.29, 0.717) is 5.69 Å². The van der Waals surface area contributed by atoms with E-state index < -0.39 is 5.97 Å². The molecule has 1 aromatic heterocycles. The Kier molecular flexibility index (Phi) is 3.80. The van der Waals surface area contributed by atoms with Gasteiger partial charge in [-0.15, -0.1) is 11.3 Å². The molecule has 0 aliphatic rings. The molecule has 0 saturated carbocycles. The summed E-state index contributed by atoms with van der Waals surface area (Å²) < 4.78 is 0. The van der Waals surface area contributed by atoms with Crippen molar-refractivity contribution in [2.24, 2.45) is 0 Å². The molecule has 3 aromatic rings. The number of carboxylic acid groups (broad SMARTS) is 1. The Bertz CT molecular complexity index is 840. The van der Waals surface area contributed by atoms with Crippen molar-refractivity contribution in [2.45, 2.75) is 0 Å². The maximum atomic E-state index is 12.5. The molecule has 0 bridgehead atoms.